The summed E-state index contributed by atoms with van der Waals surface area (Å²) in [6, 6.07) is 7.21. The number of carbonyl (C=O) groups excluding carboxylic acids is 4. The fourth-order valence-electron chi connectivity index (χ4n) is 7.33. The van der Waals surface area contributed by atoms with Crippen molar-refractivity contribution in [2.45, 2.75) is 25.4 Å². The summed E-state index contributed by atoms with van der Waals surface area (Å²) in [7, 11) is 1.39. The summed E-state index contributed by atoms with van der Waals surface area (Å²) in [5, 5.41) is 17.8. The van der Waals surface area contributed by atoms with E-state index in [2.05, 4.69) is 20.4 Å². The Hall–Kier alpha value is -5.53. The summed E-state index contributed by atoms with van der Waals surface area (Å²) in [6.45, 7) is 3.30. The summed E-state index contributed by atoms with van der Waals surface area (Å²) in [4.78, 5) is 63.0. The number of piperidine rings is 1. The maximum Gasteiger partial charge on any atom is 0.435 e. The third-order valence-electron chi connectivity index (χ3n) is 10.3. The summed E-state index contributed by atoms with van der Waals surface area (Å²) in [6.07, 6.45) is 0.533. The first-order chi connectivity index (χ1) is 26.6. The Labute approximate surface area is 324 Å². The number of carboxylic acid groups (broad SMARTS) is 1. The quantitative estimate of drug-likeness (QED) is 0.187. The van der Waals surface area contributed by atoms with Crippen molar-refractivity contribution in [2.24, 2.45) is 18.7 Å². The molecule has 6 rings (SSSR count). The van der Waals surface area contributed by atoms with Crippen LogP contribution in [0.1, 0.15) is 45.9 Å². The summed E-state index contributed by atoms with van der Waals surface area (Å²) in [5.74, 6) is -2.56. The Kier molecular flexibility index (Phi) is 11.7. The van der Waals surface area contributed by atoms with Crippen LogP contribution < -0.4 is 21.9 Å². The first-order valence-corrected chi connectivity index (χ1v) is 18.3. The second kappa shape index (κ2) is 16.3. The zero-order chi connectivity index (χ0) is 40.4. The van der Waals surface area contributed by atoms with Crippen LogP contribution in [0.3, 0.4) is 0 Å². The lowest BCUT2D eigenvalue weighted by atomic mass is 9.92. The van der Waals surface area contributed by atoms with Gasteiger partial charge in [-0.1, -0.05) is 11.6 Å². The molecule has 3 amide bonds. The number of pyridine rings is 1. The summed E-state index contributed by atoms with van der Waals surface area (Å²) in [5.41, 5.74) is 10.5. The lowest BCUT2D eigenvalue weighted by molar-refractivity contribution is -0.928. The van der Waals surface area contributed by atoms with Gasteiger partial charge in [-0.25, -0.2) is 14.6 Å². The van der Waals surface area contributed by atoms with Crippen LogP contribution in [0.4, 0.5) is 24.5 Å². The lowest BCUT2D eigenvalue weighted by Crippen LogP contribution is -2.60. The first-order valence-electron chi connectivity index (χ1n) is 17.9. The van der Waals surface area contributed by atoms with Gasteiger partial charge in [0.25, 0.3) is 11.8 Å². The standard InChI is InChI=1S/C36H41ClF3N11O5/c1-47-28(26-20-50(46-31(26)36(38,39)40)29-6-3-23(42)18-43-29)19-44-32(47)33(54)45-24-4-5-25(27(37)17-24)35(56)49-12-10-48(11-13-49)34(55)22-7-15-51(16-8-22,14-2-9-41)21-30(52)53/h3-6,17-20,22H,2,7-16,21,41-42H2,1H3,(H-,45,52,53,54,56). The number of alkyl halides is 3. The third-order valence-corrected chi connectivity index (χ3v) is 10.7. The Balaban J connectivity index is 1.06. The van der Waals surface area contributed by atoms with E-state index < -0.39 is 23.7 Å². The van der Waals surface area contributed by atoms with Gasteiger partial charge in [-0.2, -0.15) is 18.3 Å². The van der Waals surface area contributed by atoms with Gasteiger partial charge in [0.1, 0.15) is 6.54 Å². The smallest absolute Gasteiger partial charge is 0.435 e. The van der Waals surface area contributed by atoms with Gasteiger partial charge < -0.3 is 45.5 Å². The number of halogens is 4. The van der Waals surface area contributed by atoms with E-state index in [1.165, 1.54) is 48.1 Å². The number of nitrogens with zero attached hydrogens (tertiary/aromatic N) is 8. The number of nitrogen functional groups attached to an aromatic ring is 1. The number of amides is 3. The van der Waals surface area contributed by atoms with Crippen LogP contribution in [0.5, 0.6) is 0 Å². The number of nitrogens with one attached hydrogen (secondary N) is 1. The molecule has 56 heavy (non-hydrogen) atoms. The molecule has 0 unspecified atom stereocenters. The van der Waals surface area contributed by atoms with E-state index in [9.17, 15) is 37.5 Å². The highest BCUT2D eigenvalue weighted by atomic mass is 35.5. The van der Waals surface area contributed by atoms with Gasteiger partial charge >= 0.3 is 6.18 Å². The van der Waals surface area contributed by atoms with E-state index in [0.29, 0.717) is 68.7 Å². The molecule has 5 N–H and O–H groups in total. The van der Waals surface area contributed by atoms with Gasteiger partial charge in [-0.05, 0) is 36.9 Å². The Morgan fingerprint density at radius 3 is 2.32 bits per heavy atom. The van der Waals surface area contributed by atoms with Crippen LogP contribution in [0.2, 0.25) is 5.02 Å². The molecule has 298 valence electrons. The van der Waals surface area contributed by atoms with Crippen LogP contribution in [0.25, 0.3) is 17.1 Å². The largest absolute Gasteiger partial charge is 0.544 e. The molecule has 0 aliphatic carbocycles. The molecule has 2 saturated heterocycles. The molecule has 4 aromatic rings. The number of carbonyl (C=O) groups is 4. The molecule has 0 atom stereocenters. The first kappa shape index (κ1) is 40.1. The number of quaternary nitrogens is 1. The number of benzene rings is 1. The number of nitrogens with two attached hydrogens (primary N) is 2. The van der Waals surface area contributed by atoms with Gasteiger partial charge in [0.2, 0.25) is 5.91 Å². The van der Waals surface area contributed by atoms with Crippen molar-refractivity contribution in [1.82, 2.24) is 34.1 Å². The number of aromatic nitrogens is 5. The molecular formula is C36H41ClF3N11O5. The normalized spacial score (nSPS) is 18.9. The van der Waals surface area contributed by atoms with Gasteiger partial charge in [0, 0.05) is 70.3 Å². The van der Waals surface area contributed by atoms with E-state index in [0.717, 1.165) is 17.1 Å². The van der Waals surface area contributed by atoms with Crippen molar-refractivity contribution >= 4 is 46.7 Å². The molecule has 16 nitrogen and oxygen atoms in total. The number of likely N-dealkylation sites (tertiary alicyclic amines) is 1. The summed E-state index contributed by atoms with van der Waals surface area (Å²) >= 11 is 6.52. The third kappa shape index (κ3) is 8.63. The predicted molar refractivity (Wildman–Crippen MR) is 196 cm³/mol. The topological polar surface area (TPSA) is 210 Å². The average molecular weight is 800 g/mol. The molecule has 2 fully saturated rings. The van der Waals surface area contributed by atoms with Crippen LogP contribution in [0, 0.1) is 5.92 Å². The highest BCUT2D eigenvalue weighted by Crippen LogP contribution is 2.37. The predicted octanol–water partition coefficient (Wildman–Crippen LogP) is 1.78. The number of rotatable bonds is 11. The fraction of sp³-hybridized carbons (Fsp3) is 0.417. The van der Waals surface area contributed by atoms with Crippen LogP contribution in [-0.4, -0.2) is 121 Å². The number of hydrogen-bond donors (Lipinski definition) is 3. The highest BCUT2D eigenvalue weighted by Gasteiger charge is 2.40. The average Bonchev–Trinajstić information content (AvgIpc) is 3.78. The number of aliphatic carboxylic acids is 1. The fourth-order valence-corrected chi connectivity index (χ4v) is 7.59. The van der Waals surface area contributed by atoms with E-state index in [-0.39, 0.29) is 76.5 Å². The molecule has 2 aliphatic heterocycles. The van der Waals surface area contributed by atoms with Gasteiger partial charge in [-0.3, -0.25) is 14.4 Å². The molecule has 20 heteroatoms. The zero-order valence-electron chi connectivity index (χ0n) is 30.5. The molecule has 0 spiro atoms. The highest BCUT2D eigenvalue weighted by molar-refractivity contribution is 6.34. The second-order valence-electron chi connectivity index (χ2n) is 14.0. The molecule has 0 saturated carbocycles. The van der Waals surface area contributed by atoms with Gasteiger partial charge in [0.15, 0.2) is 17.3 Å². The van der Waals surface area contributed by atoms with Crippen LogP contribution in [-0.2, 0) is 22.8 Å². The van der Waals surface area contributed by atoms with E-state index in [4.69, 9.17) is 23.1 Å². The molecule has 5 heterocycles. The molecule has 3 aromatic heterocycles. The molecule has 0 radical (unpaired) electrons. The summed E-state index contributed by atoms with van der Waals surface area (Å²) < 4.78 is 44.7. The van der Waals surface area contributed by atoms with Crippen molar-refractivity contribution in [3.05, 3.63) is 71.0 Å². The maximum absolute atomic E-state index is 14.1. The van der Waals surface area contributed by atoms with Crippen LogP contribution >= 0.6 is 11.6 Å². The number of anilines is 2. The number of imidazole rings is 1. The minimum atomic E-state index is -4.83. The van der Waals surface area contributed by atoms with Crippen molar-refractivity contribution < 1.29 is 41.9 Å². The van der Waals surface area contributed by atoms with Crippen LogP contribution in [0.15, 0.2) is 48.9 Å². The maximum atomic E-state index is 14.1. The van der Waals surface area contributed by atoms with Gasteiger partial charge in [-0.15, -0.1) is 0 Å². The van der Waals surface area contributed by atoms with E-state index >= 15 is 0 Å². The van der Waals surface area contributed by atoms with Crippen molar-refractivity contribution in [2.75, 3.05) is 70.0 Å². The second-order valence-corrected chi connectivity index (χ2v) is 14.4. The molecule has 0 bridgehead atoms. The SMILES string of the molecule is Cn1c(-c2cn(-c3ccc(N)cn3)nc2C(F)(F)F)cnc1C(=O)Nc1ccc(C(=O)N2CCN(C(=O)C3CC[N+](CCCN)(CC(=O)[O-])CC3)CC2)c(Cl)c1. The number of hydrogen-bond acceptors (Lipinski definition) is 10. The van der Waals surface area contributed by atoms with E-state index in [1.54, 1.807) is 9.80 Å². The molecular weight excluding hydrogens is 759 g/mol. The van der Waals surface area contributed by atoms with E-state index in [1.807, 2.05) is 0 Å². The zero-order valence-corrected chi connectivity index (χ0v) is 31.2. The van der Waals surface area contributed by atoms with Crippen molar-refractivity contribution in [3.63, 3.8) is 0 Å². The number of carboxylic acids is 1. The monoisotopic (exact) mass is 799 g/mol. The van der Waals surface area contributed by atoms with Crippen molar-refractivity contribution in [1.29, 1.82) is 0 Å². The minimum absolute atomic E-state index is 0.00791. The minimum Gasteiger partial charge on any atom is -0.544 e. The number of piperazine rings is 1. The van der Waals surface area contributed by atoms with Crippen molar-refractivity contribution in [3.8, 4) is 17.1 Å². The Bertz CT molecular complexity index is 2110. The molecule has 2 aliphatic rings. The Morgan fingerprint density at radius 1 is 1.02 bits per heavy atom. The van der Waals surface area contributed by atoms with Gasteiger partial charge in [0.05, 0.1) is 65.5 Å². The molecule has 1 aromatic carbocycles. The Morgan fingerprint density at radius 2 is 1.71 bits per heavy atom. The lowest BCUT2D eigenvalue weighted by Gasteiger charge is -2.45.